The summed E-state index contributed by atoms with van der Waals surface area (Å²) in [5.74, 6) is 0.369. The van der Waals surface area contributed by atoms with Crippen LogP contribution in [0.3, 0.4) is 0 Å². The lowest BCUT2D eigenvalue weighted by atomic mass is 9.92. The Morgan fingerprint density at radius 3 is 2.50 bits per heavy atom. The van der Waals surface area contributed by atoms with E-state index in [2.05, 4.69) is 5.32 Å². The van der Waals surface area contributed by atoms with E-state index in [0.717, 1.165) is 35.1 Å². The molecule has 0 bridgehead atoms. The van der Waals surface area contributed by atoms with Crippen LogP contribution in [0.15, 0.2) is 54.6 Å². The van der Waals surface area contributed by atoms with Crippen LogP contribution in [0.4, 0.5) is 5.69 Å². The van der Waals surface area contributed by atoms with E-state index in [4.69, 9.17) is 9.47 Å². The lowest BCUT2D eigenvalue weighted by Gasteiger charge is -2.18. The molecule has 0 aromatic heterocycles. The number of nitrogens with one attached hydrogen (secondary N) is 1. The zero-order valence-corrected chi connectivity index (χ0v) is 17.9. The third kappa shape index (κ3) is 3.28. The number of rotatable bonds is 5. The fraction of sp³-hybridized carbons (Fsp3) is 0.231. The molecule has 1 fully saturated rings. The molecule has 3 aromatic carbocycles. The summed E-state index contributed by atoms with van der Waals surface area (Å²) < 4.78 is 10.9. The number of carboxylic acid groups (broad SMARTS) is 1. The van der Waals surface area contributed by atoms with Crippen molar-refractivity contribution in [2.45, 2.75) is 32.1 Å². The highest BCUT2D eigenvalue weighted by molar-refractivity contribution is 6.02. The number of anilines is 1. The van der Waals surface area contributed by atoms with Gasteiger partial charge in [0.2, 0.25) is 12.7 Å². The molecule has 164 valence electrons. The smallest absolute Gasteiger partial charge is 0.335 e. The van der Waals surface area contributed by atoms with Crippen LogP contribution in [0.5, 0.6) is 11.5 Å². The number of ether oxygens (including phenoxy) is 2. The molecule has 6 heteroatoms. The van der Waals surface area contributed by atoms with Crippen LogP contribution in [0.25, 0.3) is 11.1 Å². The Morgan fingerprint density at radius 2 is 1.75 bits per heavy atom. The van der Waals surface area contributed by atoms with Gasteiger partial charge in [-0.15, -0.1) is 0 Å². The fourth-order valence-electron chi connectivity index (χ4n) is 4.37. The monoisotopic (exact) mass is 431 g/mol. The van der Waals surface area contributed by atoms with Gasteiger partial charge < -0.3 is 19.9 Å². The molecule has 1 amide bonds. The molecule has 1 aliphatic heterocycles. The number of carbonyl (C=O) groups is 2. The number of hydrogen-bond donors (Lipinski definition) is 2. The largest absolute Gasteiger partial charge is 0.478 e. The zero-order valence-electron chi connectivity index (χ0n) is 17.9. The summed E-state index contributed by atoms with van der Waals surface area (Å²) in [4.78, 5) is 24.8. The quantitative estimate of drug-likeness (QED) is 0.572. The summed E-state index contributed by atoms with van der Waals surface area (Å²) in [6.45, 7) is 3.98. The minimum atomic E-state index is -0.953. The average molecular weight is 431 g/mol. The van der Waals surface area contributed by atoms with E-state index >= 15 is 0 Å². The number of fused-ring (bicyclic) bond motifs is 1. The van der Waals surface area contributed by atoms with Crippen molar-refractivity contribution in [3.63, 3.8) is 0 Å². The van der Waals surface area contributed by atoms with Crippen LogP contribution < -0.4 is 14.8 Å². The molecule has 0 atom stereocenters. The van der Waals surface area contributed by atoms with Crippen molar-refractivity contribution in [2.24, 2.45) is 0 Å². The van der Waals surface area contributed by atoms with Gasteiger partial charge in [0.25, 0.3) is 0 Å². The molecule has 3 aromatic rings. The van der Waals surface area contributed by atoms with Crippen molar-refractivity contribution in [3.8, 4) is 22.6 Å². The van der Waals surface area contributed by atoms with Crippen molar-refractivity contribution in [1.82, 2.24) is 0 Å². The van der Waals surface area contributed by atoms with Gasteiger partial charge in [-0.1, -0.05) is 24.3 Å². The molecule has 2 N–H and O–H groups in total. The lowest BCUT2D eigenvalue weighted by Crippen LogP contribution is -2.27. The van der Waals surface area contributed by atoms with E-state index in [9.17, 15) is 14.7 Å². The highest BCUT2D eigenvalue weighted by atomic mass is 16.7. The second-order valence-electron chi connectivity index (χ2n) is 8.42. The first-order chi connectivity index (χ1) is 15.4. The third-order valence-corrected chi connectivity index (χ3v) is 6.46. The first-order valence-electron chi connectivity index (χ1n) is 10.5. The molecule has 5 rings (SSSR count). The Labute approximate surface area is 187 Å². The zero-order chi connectivity index (χ0) is 22.5. The second kappa shape index (κ2) is 7.41. The van der Waals surface area contributed by atoms with Crippen molar-refractivity contribution in [3.05, 3.63) is 76.9 Å². The molecular formula is C26H25NO5. The van der Waals surface area contributed by atoms with Crippen molar-refractivity contribution >= 4 is 17.6 Å². The van der Waals surface area contributed by atoms with Crippen molar-refractivity contribution < 1.29 is 25.6 Å². The lowest BCUT2D eigenvalue weighted by molar-refractivity contribution is -0.118. The Balaban J connectivity index is 0.00000259. The third-order valence-electron chi connectivity index (χ3n) is 6.46. The highest BCUT2D eigenvalue weighted by Gasteiger charge is 2.51. The molecule has 2 aliphatic rings. The average Bonchev–Trinajstić information content (AvgIpc) is 3.46. The molecule has 1 heterocycles. The highest BCUT2D eigenvalue weighted by Crippen LogP contribution is 2.51. The van der Waals surface area contributed by atoms with Gasteiger partial charge >= 0.3 is 5.97 Å². The summed E-state index contributed by atoms with van der Waals surface area (Å²) in [6, 6.07) is 16.7. The van der Waals surface area contributed by atoms with Gasteiger partial charge in [-0.2, -0.15) is 0 Å². The fourth-order valence-corrected chi connectivity index (χ4v) is 4.37. The van der Waals surface area contributed by atoms with Gasteiger partial charge in [-0.25, -0.2) is 4.79 Å². The van der Waals surface area contributed by atoms with Gasteiger partial charge in [0.15, 0.2) is 11.5 Å². The van der Waals surface area contributed by atoms with Crippen LogP contribution in [0, 0.1) is 13.8 Å². The number of carboxylic acids is 1. The Hall–Kier alpha value is -3.80. The molecule has 32 heavy (non-hydrogen) atoms. The molecule has 0 radical (unpaired) electrons. The maximum Gasteiger partial charge on any atom is 0.335 e. The molecular weight excluding hydrogens is 406 g/mol. The summed E-state index contributed by atoms with van der Waals surface area (Å²) >= 11 is 0. The maximum absolute atomic E-state index is 13.3. The van der Waals surface area contributed by atoms with Crippen LogP contribution in [-0.4, -0.2) is 23.8 Å². The van der Waals surface area contributed by atoms with E-state index in [-0.39, 0.29) is 19.7 Å². The standard InChI is InChI=1S/C26H23NO5.H2/c1-15-6-8-18(13-21(15)19-4-3-5-20(16(19)2)24(28)29)27-25(30)26(10-11-26)17-7-9-22-23(12-17)32-14-31-22;/h3-9,12-13H,10-11,14H2,1-2H3,(H,27,30)(H,28,29);1H. The van der Waals surface area contributed by atoms with Gasteiger partial charge in [-0.05, 0) is 84.8 Å². The van der Waals surface area contributed by atoms with Gasteiger partial charge in [-0.3, -0.25) is 4.79 Å². The van der Waals surface area contributed by atoms with Gasteiger partial charge in [0.1, 0.15) is 0 Å². The Bertz CT molecular complexity index is 1270. The minimum Gasteiger partial charge on any atom is -0.478 e. The van der Waals surface area contributed by atoms with Crippen molar-refractivity contribution in [2.75, 3.05) is 12.1 Å². The van der Waals surface area contributed by atoms with Crippen LogP contribution in [0.2, 0.25) is 0 Å². The normalized spacial score (nSPS) is 15.3. The molecule has 6 nitrogen and oxygen atoms in total. The Kier molecular flexibility index (Phi) is 4.66. The SMILES string of the molecule is Cc1ccc(NC(=O)C2(c3ccc4c(c3)OCO4)CC2)cc1-c1cccc(C(=O)O)c1C.[HH]. The molecule has 0 unspecified atom stereocenters. The number of hydrogen-bond acceptors (Lipinski definition) is 4. The summed E-state index contributed by atoms with van der Waals surface area (Å²) in [5.41, 5.74) is 4.77. The van der Waals surface area contributed by atoms with E-state index in [1.807, 2.05) is 56.3 Å². The number of aryl methyl sites for hydroxylation is 1. The predicted octanol–water partition coefficient (Wildman–Crippen LogP) is 5.31. The van der Waals surface area contributed by atoms with E-state index < -0.39 is 11.4 Å². The summed E-state index contributed by atoms with van der Waals surface area (Å²) in [7, 11) is 0. The maximum atomic E-state index is 13.3. The van der Waals surface area contributed by atoms with Gasteiger partial charge in [0, 0.05) is 7.11 Å². The van der Waals surface area contributed by atoms with Crippen LogP contribution in [-0.2, 0) is 10.2 Å². The first-order valence-corrected chi connectivity index (χ1v) is 10.5. The van der Waals surface area contributed by atoms with E-state index in [1.165, 1.54) is 0 Å². The minimum absolute atomic E-state index is 0. The molecule has 1 aliphatic carbocycles. The summed E-state index contributed by atoms with van der Waals surface area (Å²) in [6.07, 6.45) is 1.55. The van der Waals surface area contributed by atoms with Gasteiger partial charge in [0.05, 0.1) is 11.0 Å². The van der Waals surface area contributed by atoms with E-state index in [1.54, 1.807) is 12.1 Å². The Morgan fingerprint density at radius 1 is 0.969 bits per heavy atom. The predicted molar refractivity (Wildman–Crippen MR) is 123 cm³/mol. The number of aromatic carboxylic acids is 1. The number of carbonyl (C=O) groups excluding carboxylic acids is 1. The molecule has 0 saturated heterocycles. The van der Waals surface area contributed by atoms with Crippen LogP contribution in [0.1, 0.15) is 41.3 Å². The van der Waals surface area contributed by atoms with E-state index in [0.29, 0.717) is 22.7 Å². The molecule has 0 spiro atoms. The second-order valence-corrected chi connectivity index (χ2v) is 8.42. The molecule has 1 saturated carbocycles. The van der Waals surface area contributed by atoms with Crippen LogP contribution >= 0.6 is 0 Å². The van der Waals surface area contributed by atoms with Crippen molar-refractivity contribution in [1.29, 1.82) is 0 Å². The number of amides is 1. The number of benzene rings is 3. The first kappa shape index (κ1) is 20.1. The topological polar surface area (TPSA) is 84.9 Å². The summed E-state index contributed by atoms with van der Waals surface area (Å²) in [5, 5.41) is 12.5.